The molecule has 2 aliphatic heterocycles. The Morgan fingerprint density at radius 2 is 1.23 bits per heavy atom. The summed E-state index contributed by atoms with van der Waals surface area (Å²) in [6, 6.07) is 12.1. The van der Waals surface area contributed by atoms with Gasteiger partial charge in [-0.3, -0.25) is 9.80 Å². The van der Waals surface area contributed by atoms with Crippen LogP contribution < -0.4 is 9.47 Å². The fourth-order valence-corrected chi connectivity index (χ4v) is 4.31. The zero-order valence-electron chi connectivity index (χ0n) is 18.2. The third kappa shape index (κ3) is 4.50. The minimum atomic E-state index is -0.00703. The van der Waals surface area contributed by atoms with Crippen molar-refractivity contribution in [3.8, 4) is 11.5 Å². The highest BCUT2D eigenvalue weighted by Gasteiger charge is 2.20. The van der Waals surface area contributed by atoms with Gasteiger partial charge in [-0.1, -0.05) is 0 Å². The van der Waals surface area contributed by atoms with Crippen molar-refractivity contribution in [3.63, 3.8) is 0 Å². The van der Waals surface area contributed by atoms with Crippen molar-refractivity contribution in [2.45, 2.75) is 26.3 Å². The summed E-state index contributed by atoms with van der Waals surface area (Å²) in [5.41, 5.74) is 1.67. The molecule has 3 heterocycles. The maximum absolute atomic E-state index is 6.21. The summed E-state index contributed by atoms with van der Waals surface area (Å²) in [6.45, 7) is 10.7. The SMILES string of the molecule is CC(Oc1ccc2c(c1)oc1ccc(OC(C)N3CCOCC3)cc12)N1CCOCC1. The second-order valence-corrected chi connectivity index (χ2v) is 8.15. The lowest BCUT2D eigenvalue weighted by Crippen LogP contribution is -2.44. The molecule has 3 aromatic rings. The van der Waals surface area contributed by atoms with Gasteiger partial charge in [0, 0.05) is 43.0 Å². The Hall–Kier alpha value is -2.32. The maximum atomic E-state index is 6.21. The van der Waals surface area contributed by atoms with Gasteiger partial charge in [0.1, 0.15) is 35.1 Å². The first-order valence-electron chi connectivity index (χ1n) is 11.1. The minimum Gasteiger partial charge on any atom is -0.475 e. The van der Waals surface area contributed by atoms with Crippen LogP contribution in [0.1, 0.15) is 13.8 Å². The molecule has 7 heteroatoms. The average molecular weight is 427 g/mol. The van der Waals surface area contributed by atoms with Gasteiger partial charge in [0.2, 0.25) is 0 Å². The number of rotatable bonds is 6. The van der Waals surface area contributed by atoms with Gasteiger partial charge in [-0.15, -0.1) is 0 Å². The lowest BCUT2D eigenvalue weighted by molar-refractivity contribution is -0.0373. The van der Waals surface area contributed by atoms with Crippen molar-refractivity contribution < 1.29 is 23.4 Å². The van der Waals surface area contributed by atoms with Gasteiger partial charge < -0.3 is 23.4 Å². The normalized spacial score (nSPS) is 20.7. The molecule has 2 fully saturated rings. The number of ether oxygens (including phenoxy) is 4. The standard InChI is InChI=1S/C24H30N2O5/c1-17(25-7-11-27-12-8-25)29-19-4-6-23-22(15-19)21-5-3-20(16-24(21)31-23)30-18(2)26-9-13-28-14-10-26/h3-6,15-18H,7-14H2,1-2H3. The highest BCUT2D eigenvalue weighted by atomic mass is 16.5. The van der Waals surface area contributed by atoms with Gasteiger partial charge in [0.15, 0.2) is 0 Å². The summed E-state index contributed by atoms with van der Waals surface area (Å²) >= 11 is 0. The van der Waals surface area contributed by atoms with Crippen LogP contribution in [0.2, 0.25) is 0 Å². The van der Waals surface area contributed by atoms with Gasteiger partial charge in [-0.05, 0) is 44.2 Å². The highest BCUT2D eigenvalue weighted by molar-refractivity contribution is 6.05. The smallest absolute Gasteiger partial charge is 0.149 e. The summed E-state index contributed by atoms with van der Waals surface area (Å²) in [6.07, 6.45) is -0.00593. The third-order valence-electron chi connectivity index (χ3n) is 6.15. The maximum Gasteiger partial charge on any atom is 0.149 e. The predicted molar refractivity (Wildman–Crippen MR) is 119 cm³/mol. The van der Waals surface area contributed by atoms with Gasteiger partial charge in [-0.2, -0.15) is 0 Å². The Bertz CT molecular complexity index is 1020. The van der Waals surface area contributed by atoms with Crippen molar-refractivity contribution in [3.05, 3.63) is 36.4 Å². The van der Waals surface area contributed by atoms with E-state index in [-0.39, 0.29) is 12.5 Å². The molecular weight excluding hydrogens is 396 g/mol. The van der Waals surface area contributed by atoms with Crippen molar-refractivity contribution in [1.82, 2.24) is 9.80 Å². The molecular formula is C24H30N2O5. The van der Waals surface area contributed by atoms with Crippen LogP contribution in [0.15, 0.2) is 40.8 Å². The Kier molecular flexibility index (Phi) is 6.00. The largest absolute Gasteiger partial charge is 0.475 e. The summed E-state index contributed by atoms with van der Waals surface area (Å²) < 4.78 is 29.3. The lowest BCUT2D eigenvalue weighted by atomic mass is 10.1. The zero-order chi connectivity index (χ0) is 21.2. The van der Waals surface area contributed by atoms with Crippen LogP contribution in [0.4, 0.5) is 0 Å². The molecule has 0 radical (unpaired) electrons. The Balaban J connectivity index is 1.33. The van der Waals surface area contributed by atoms with E-state index in [0.717, 1.165) is 86.0 Å². The number of morpholine rings is 2. The van der Waals surface area contributed by atoms with Crippen molar-refractivity contribution in [2.24, 2.45) is 0 Å². The first-order chi connectivity index (χ1) is 15.2. The molecule has 5 rings (SSSR count). The molecule has 1 aromatic heterocycles. The molecule has 2 atom stereocenters. The van der Waals surface area contributed by atoms with E-state index in [1.807, 2.05) is 24.3 Å². The monoisotopic (exact) mass is 426 g/mol. The molecule has 2 saturated heterocycles. The molecule has 2 unspecified atom stereocenters. The van der Waals surface area contributed by atoms with E-state index >= 15 is 0 Å². The van der Waals surface area contributed by atoms with Gasteiger partial charge in [0.05, 0.1) is 26.4 Å². The third-order valence-corrected chi connectivity index (χ3v) is 6.15. The summed E-state index contributed by atoms with van der Waals surface area (Å²) in [7, 11) is 0. The van der Waals surface area contributed by atoms with Crippen LogP contribution in [0.25, 0.3) is 21.9 Å². The van der Waals surface area contributed by atoms with Gasteiger partial charge >= 0.3 is 0 Å². The second kappa shape index (κ2) is 9.04. The lowest BCUT2D eigenvalue weighted by Gasteiger charge is -2.32. The van der Waals surface area contributed by atoms with E-state index in [2.05, 4.69) is 35.8 Å². The van der Waals surface area contributed by atoms with Crippen LogP contribution in [-0.2, 0) is 9.47 Å². The number of hydrogen-bond acceptors (Lipinski definition) is 7. The number of benzene rings is 2. The number of nitrogens with zero attached hydrogens (tertiary/aromatic N) is 2. The number of furan rings is 1. The average Bonchev–Trinajstić information content (AvgIpc) is 3.17. The van der Waals surface area contributed by atoms with Crippen LogP contribution in [-0.4, -0.2) is 74.9 Å². The fourth-order valence-electron chi connectivity index (χ4n) is 4.31. The number of fused-ring (bicyclic) bond motifs is 3. The molecule has 0 saturated carbocycles. The molecule has 0 aliphatic carbocycles. The van der Waals surface area contributed by atoms with E-state index in [4.69, 9.17) is 23.4 Å². The number of hydrogen-bond donors (Lipinski definition) is 0. The Morgan fingerprint density at radius 3 is 1.84 bits per heavy atom. The first kappa shape index (κ1) is 20.6. The van der Waals surface area contributed by atoms with E-state index in [1.54, 1.807) is 0 Å². The van der Waals surface area contributed by atoms with Crippen LogP contribution in [0.3, 0.4) is 0 Å². The highest BCUT2D eigenvalue weighted by Crippen LogP contribution is 2.34. The molecule has 2 aliphatic rings. The molecule has 166 valence electrons. The summed E-state index contributed by atoms with van der Waals surface area (Å²) in [5.74, 6) is 1.65. The Labute approximate surface area is 182 Å². The molecule has 0 amide bonds. The van der Waals surface area contributed by atoms with Crippen molar-refractivity contribution >= 4 is 21.9 Å². The quantitative estimate of drug-likeness (QED) is 0.596. The van der Waals surface area contributed by atoms with Crippen molar-refractivity contribution in [1.29, 1.82) is 0 Å². The molecule has 31 heavy (non-hydrogen) atoms. The second-order valence-electron chi connectivity index (χ2n) is 8.15. The van der Waals surface area contributed by atoms with Gasteiger partial charge in [-0.25, -0.2) is 0 Å². The minimum absolute atomic E-state index is 0.00110. The van der Waals surface area contributed by atoms with E-state index in [1.165, 1.54) is 0 Å². The van der Waals surface area contributed by atoms with Crippen LogP contribution in [0.5, 0.6) is 11.5 Å². The van der Waals surface area contributed by atoms with Crippen molar-refractivity contribution in [2.75, 3.05) is 52.6 Å². The molecule has 0 spiro atoms. The predicted octanol–water partition coefficient (Wildman–Crippen LogP) is 3.70. The summed E-state index contributed by atoms with van der Waals surface area (Å²) in [5, 5.41) is 2.11. The van der Waals surface area contributed by atoms with Crippen LogP contribution >= 0.6 is 0 Å². The summed E-state index contributed by atoms with van der Waals surface area (Å²) in [4.78, 5) is 4.58. The molecule has 2 aromatic carbocycles. The Morgan fingerprint density at radius 1 is 0.677 bits per heavy atom. The van der Waals surface area contributed by atoms with E-state index in [0.29, 0.717) is 0 Å². The van der Waals surface area contributed by atoms with Gasteiger partial charge in [0.25, 0.3) is 0 Å². The van der Waals surface area contributed by atoms with E-state index in [9.17, 15) is 0 Å². The molecule has 0 N–H and O–H groups in total. The zero-order valence-corrected chi connectivity index (χ0v) is 18.2. The van der Waals surface area contributed by atoms with Crippen LogP contribution in [0, 0.1) is 0 Å². The molecule has 0 bridgehead atoms. The van der Waals surface area contributed by atoms with E-state index < -0.39 is 0 Å². The topological polar surface area (TPSA) is 56.5 Å². The molecule has 7 nitrogen and oxygen atoms in total. The fraction of sp³-hybridized carbons (Fsp3) is 0.500. The first-order valence-corrected chi connectivity index (χ1v) is 11.1.